The molecule has 0 atom stereocenters. The van der Waals surface area contributed by atoms with Gasteiger partial charge < -0.3 is 152 Å². The van der Waals surface area contributed by atoms with Crippen LogP contribution in [0.5, 0.6) is 0 Å². The number of nitrogens with zero attached hydrogens (tertiary/aromatic N) is 14. The van der Waals surface area contributed by atoms with Crippen LogP contribution in [-0.2, 0) is 114 Å². The summed E-state index contributed by atoms with van der Waals surface area (Å²) in [6.07, 6.45) is 10.7. The standard InChI is InChI=1S/C25H48N4O8.C21H42N4O6.2C17H36N4O4.C14H31N3O2/c1-26(18-20-28(14-8-22(30)34-3)15-9-23(31)35-4)12-7-13-27(2)19-21-29(16-10-24(32)36-5)17-11-25(33)37-6;1-23(16-11-22-10-7-19(26)29-3)12-6-13-24(2)17-18-25(14-8-20(27)30-4)15-9-21(28)31-5;1-19(13-8-18)9-5-10-20(2)14-15-21(11-6-16(22)24-3)12-7-17(23)25-4;1-20(14-10-18-8-6-16(22)24-3)12-5-13-21(2)15-11-19-9-7-17(23)25-4;1-5-10-16(2)11-6-12-17(3)13-9-15-8-7-14(18)19-4/h7-21H2,1-6H3;22H,6-18H2,1-5H3;5-15,18H2,1-4H3;18-19H,5-15H2,1-4H3;15H,5-13H2,1-4H3. The van der Waals surface area contributed by atoms with E-state index in [0.29, 0.717) is 136 Å². The minimum atomic E-state index is -0.270. The van der Waals surface area contributed by atoms with Crippen molar-refractivity contribution in [2.24, 2.45) is 5.73 Å². The smallest absolute Gasteiger partial charge is 0.306 e. The van der Waals surface area contributed by atoms with Crippen LogP contribution in [0.1, 0.15) is 122 Å². The Morgan fingerprint density at radius 1 is 0.175 bits per heavy atom. The molecule has 0 unspecified atom stereocenters. The van der Waals surface area contributed by atoms with E-state index in [1.807, 2.05) is 0 Å². The first-order chi connectivity index (χ1) is 65.5. The van der Waals surface area contributed by atoms with Gasteiger partial charge in [-0.05, 0) is 181 Å². The molecule has 0 bridgehead atoms. The molecule has 0 saturated heterocycles. The summed E-state index contributed by atoms with van der Waals surface area (Å²) in [7, 11) is 37.6. The van der Waals surface area contributed by atoms with Crippen LogP contribution in [-0.4, -0.2) is 564 Å². The average Bonchev–Trinajstić information content (AvgIpc) is 0.957. The van der Waals surface area contributed by atoms with Gasteiger partial charge in [-0.1, -0.05) is 6.92 Å². The van der Waals surface area contributed by atoms with Crippen LogP contribution in [0.15, 0.2) is 0 Å². The molecule has 0 aliphatic heterocycles. The fraction of sp³-hybridized carbons (Fsp3) is 0.872. The zero-order valence-electron chi connectivity index (χ0n) is 89.4. The molecule has 0 rings (SSSR count). The number of hydrogen-bond acceptors (Lipinski definition) is 43. The molecule has 0 heterocycles. The van der Waals surface area contributed by atoms with Crippen molar-refractivity contribution in [2.45, 2.75) is 122 Å². The highest BCUT2D eigenvalue weighted by molar-refractivity contribution is 5.73. The first-order valence-corrected chi connectivity index (χ1v) is 48.6. The van der Waals surface area contributed by atoms with Crippen LogP contribution in [0.2, 0.25) is 0 Å². The topological polar surface area (TPSA) is 435 Å². The normalized spacial score (nSPS) is 11.3. The summed E-state index contributed by atoms with van der Waals surface area (Å²) >= 11 is 0. The third kappa shape index (κ3) is 98.8. The average molecular weight is 1970 g/mol. The number of rotatable bonds is 84. The molecule has 0 saturated carbocycles. The molecule has 0 spiro atoms. The molecule has 43 heteroatoms. The molecule has 0 aromatic rings. The van der Waals surface area contributed by atoms with Crippen LogP contribution in [0.3, 0.4) is 0 Å². The quantitative estimate of drug-likeness (QED) is 0.0301. The van der Waals surface area contributed by atoms with Crippen molar-refractivity contribution < 1.29 is 114 Å². The van der Waals surface area contributed by atoms with E-state index in [1.54, 1.807) is 0 Å². The van der Waals surface area contributed by atoms with Crippen molar-refractivity contribution in [1.29, 1.82) is 0 Å². The third-order valence-corrected chi connectivity index (χ3v) is 22.2. The monoisotopic (exact) mass is 1970 g/mol. The fourth-order valence-electron chi connectivity index (χ4n) is 12.9. The first kappa shape index (κ1) is 138. The number of hydrogen-bond donors (Lipinski definition) is 5. The number of esters is 12. The van der Waals surface area contributed by atoms with Gasteiger partial charge in [-0.3, -0.25) is 57.5 Å². The van der Waals surface area contributed by atoms with Crippen molar-refractivity contribution in [3.05, 3.63) is 0 Å². The predicted molar refractivity (Wildman–Crippen MR) is 534 cm³/mol. The van der Waals surface area contributed by atoms with E-state index in [2.05, 4.69) is 196 Å². The number of nitrogens with two attached hydrogens (primary N) is 1. The number of carbonyl (C=O) groups excluding carboxylic acids is 12. The van der Waals surface area contributed by atoms with Crippen LogP contribution in [0, 0.1) is 0 Å². The lowest BCUT2D eigenvalue weighted by molar-refractivity contribution is -0.142. The highest BCUT2D eigenvalue weighted by Gasteiger charge is 2.19. The van der Waals surface area contributed by atoms with Crippen molar-refractivity contribution >= 4 is 71.6 Å². The van der Waals surface area contributed by atoms with Crippen molar-refractivity contribution in [3.8, 4) is 0 Å². The van der Waals surface area contributed by atoms with Crippen LogP contribution < -0.4 is 27.0 Å². The van der Waals surface area contributed by atoms with Gasteiger partial charge in [-0.2, -0.15) is 0 Å². The Labute approximate surface area is 824 Å². The highest BCUT2D eigenvalue weighted by atomic mass is 16.6. The van der Waals surface area contributed by atoms with Crippen molar-refractivity contribution in [2.75, 3.05) is 424 Å². The zero-order chi connectivity index (χ0) is 104. The minimum absolute atomic E-state index is 0.153. The molecular weight excluding hydrogens is 1780 g/mol. The molecule has 0 aliphatic carbocycles. The maximum absolute atomic E-state index is 11.5. The number of ether oxygens (including phenoxy) is 12. The number of methoxy groups -OCH3 is 12. The molecule has 808 valence electrons. The Balaban J connectivity index is -0.000000539. The second-order valence-corrected chi connectivity index (χ2v) is 33.9. The molecular formula is C94H193N19O24. The molecule has 6 N–H and O–H groups in total. The molecule has 0 aliphatic rings. The van der Waals surface area contributed by atoms with Gasteiger partial charge >= 0.3 is 71.6 Å². The maximum atomic E-state index is 11.5. The van der Waals surface area contributed by atoms with Gasteiger partial charge in [0.25, 0.3) is 0 Å². The third-order valence-electron chi connectivity index (χ3n) is 22.2. The second kappa shape index (κ2) is 99.0. The molecule has 0 aromatic carbocycles. The van der Waals surface area contributed by atoms with E-state index in [4.69, 9.17) is 34.2 Å². The van der Waals surface area contributed by atoms with Gasteiger partial charge in [0.1, 0.15) is 0 Å². The lowest BCUT2D eigenvalue weighted by Gasteiger charge is -2.26. The molecule has 0 aromatic heterocycles. The van der Waals surface area contributed by atoms with Gasteiger partial charge in [-0.25, -0.2) is 0 Å². The molecule has 0 radical (unpaired) electrons. The summed E-state index contributed by atoms with van der Waals surface area (Å²) in [6, 6.07) is 0. The lowest BCUT2D eigenvalue weighted by atomic mass is 10.3. The van der Waals surface area contributed by atoms with E-state index in [-0.39, 0.29) is 97.3 Å². The van der Waals surface area contributed by atoms with Crippen LogP contribution in [0.4, 0.5) is 0 Å². The van der Waals surface area contributed by atoms with E-state index in [1.165, 1.54) is 105 Å². The summed E-state index contributed by atoms with van der Waals surface area (Å²) in [5.41, 5.74) is 5.54. The Bertz CT molecular complexity index is 2810. The van der Waals surface area contributed by atoms with E-state index in [0.717, 1.165) is 202 Å². The molecule has 0 fully saturated rings. The Morgan fingerprint density at radius 2 is 0.314 bits per heavy atom. The summed E-state index contributed by atoms with van der Waals surface area (Å²) in [5, 5.41) is 13.0. The van der Waals surface area contributed by atoms with Gasteiger partial charge in [-0.15, -0.1) is 0 Å². The second-order valence-electron chi connectivity index (χ2n) is 33.9. The van der Waals surface area contributed by atoms with Gasteiger partial charge in [0.2, 0.25) is 0 Å². The van der Waals surface area contributed by atoms with Gasteiger partial charge in [0.15, 0.2) is 0 Å². The summed E-state index contributed by atoms with van der Waals surface area (Å²) in [6.45, 7) is 35.9. The summed E-state index contributed by atoms with van der Waals surface area (Å²) in [4.78, 5) is 167. The van der Waals surface area contributed by atoms with Crippen molar-refractivity contribution in [3.63, 3.8) is 0 Å². The number of likely N-dealkylation sites (N-methyl/N-ethyl adjacent to an activating group) is 9. The Kier molecular flexibility index (Phi) is 100. The van der Waals surface area contributed by atoms with E-state index >= 15 is 0 Å². The molecule has 0 amide bonds. The van der Waals surface area contributed by atoms with Gasteiger partial charge in [0, 0.05) is 196 Å². The van der Waals surface area contributed by atoms with E-state index < -0.39 is 0 Å². The maximum Gasteiger partial charge on any atom is 0.306 e. The fourth-order valence-corrected chi connectivity index (χ4v) is 12.9. The Morgan fingerprint density at radius 3 is 0.460 bits per heavy atom. The minimum Gasteiger partial charge on any atom is -0.469 e. The number of carbonyl (C=O) groups is 12. The van der Waals surface area contributed by atoms with E-state index in [9.17, 15) is 57.5 Å². The van der Waals surface area contributed by atoms with Crippen LogP contribution >= 0.6 is 0 Å². The van der Waals surface area contributed by atoms with Crippen LogP contribution in [0.25, 0.3) is 0 Å². The predicted octanol–water partition coefficient (Wildman–Crippen LogP) is -0.107. The summed E-state index contributed by atoms with van der Waals surface area (Å²) in [5.74, 6) is -2.76. The number of nitrogens with one attached hydrogen (secondary N) is 4. The molecule has 137 heavy (non-hydrogen) atoms. The highest BCUT2D eigenvalue weighted by Crippen LogP contribution is 2.07. The zero-order valence-corrected chi connectivity index (χ0v) is 89.4. The summed E-state index contributed by atoms with van der Waals surface area (Å²) < 4.78 is 56.1. The largest absolute Gasteiger partial charge is 0.469 e. The van der Waals surface area contributed by atoms with Gasteiger partial charge in [0.05, 0.1) is 162 Å². The molecule has 43 nitrogen and oxygen atoms in total. The Hall–Kier alpha value is -7.12. The lowest BCUT2D eigenvalue weighted by Crippen LogP contribution is -2.38. The first-order valence-electron chi connectivity index (χ1n) is 48.6. The van der Waals surface area contributed by atoms with Crippen molar-refractivity contribution in [1.82, 2.24) is 89.9 Å². The SMILES string of the molecule is CCCN(C)CCCN(C)CCNCCC(=O)OC.COC(=O)CCN(CCC(=O)OC)CCN(C)CCCN(C)CCN.COC(=O)CCN(CCC(=O)OC)CCN(C)CCCN(C)CCN(CCC(=O)OC)CCC(=O)OC.COC(=O)CCNCCN(C)CCCN(C)CCN(CCC(=O)OC)CCC(=O)OC.COC(=O)CCNCCN(C)CCCN(C)CCNCCC(=O)OC.